The number of nitrogens with one attached hydrogen (secondary N) is 1. The minimum Gasteiger partial charge on any atom is -0.325 e. The Morgan fingerprint density at radius 1 is 1.17 bits per heavy atom. The van der Waals surface area contributed by atoms with Crippen molar-refractivity contribution in [1.29, 1.82) is 0 Å². The van der Waals surface area contributed by atoms with Crippen LogP contribution >= 0.6 is 0 Å². The molecule has 1 N–H and O–H groups in total. The van der Waals surface area contributed by atoms with Crippen molar-refractivity contribution >= 4 is 17.5 Å². The Labute approximate surface area is 135 Å². The lowest BCUT2D eigenvalue weighted by atomic mass is 9.82. The third kappa shape index (κ3) is 3.21. The van der Waals surface area contributed by atoms with Gasteiger partial charge >= 0.3 is 0 Å². The first kappa shape index (κ1) is 15.2. The predicted octanol–water partition coefficient (Wildman–Crippen LogP) is 3.05. The van der Waals surface area contributed by atoms with Crippen LogP contribution in [0.4, 0.5) is 0 Å². The second-order valence-corrected chi connectivity index (χ2v) is 5.93. The average Bonchev–Trinajstić information content (AvgIpc) is 2.54. The van der Waals surface area contributed by atoms with E-state index in [4.69, 9.17) is 0 Å². The van der Waals surface area contributed by atoms with E-state index in [0.717, 1.165) is 11.3 Å². The fourth-order valence-corrected chi connectivity index (χ4v) is 2.78. The fraction of sp³-hybridized carbons (Fsp3) is 0.211. The fourth-order valence-electron chi connectivity index (χ4n) is 2.78. The number of carbonyl (C=O) groups is 2. The monoisotopic (exact) mass is 306 g/mol. The Hall–Kier alpha value is -2.75. The first-order valence-electron chi connectivity index (χ1n) is 7.65. The molecule has 116 valence electrons. The number of rotatable bonds is 2. The highest BCUT2D eigenvalue weighted by Gasteiger charge is 2.27. The van der Waals surface area contributed by atoms with E-state index in [1.807, 2.05) is 18.2 Å². The molecule has 0 fully saturated rings. The maximum absolute atomic E-state index is 12.2. The van der Waals surface area contributed by atoms with Gasteiger partial charge in [0.15, 0.2) is 0 Å². The Kier molecular flexibility index (Phi) is 4.06. The van der Waals surface area contributed by atoms with Crippen molar-refractivity contribution in [2.24, 2.45) is 16.8 Å². The van der Waals surface area contributed by atoms with E-state index in [1.54, 1.807) is 36.4 Å². The maximum Gasteiger partial charge on any atom is 0.277 e. The van der Waals surface area contributed by atoms with Crippen LogP contribution in [0.25, 0.3) is 0 Å². The second kappa shape index (κ2) is 6.16. The second-order valence-electron chi connectivity index (χ2n) is 5.93. The summed E-state index contributed by atoms with van der Waals surface area (Å²) in [4.78, 5) is 28.1. The third-order valence-electron chi connectivity index (χ3n) is 3.94. The van der Waals surface area contributed by atoms with Gasteiger partial charge < -0.3 is 5.32 Å². The minimum absolute atomic E-state index is 0.0541. The van der Waals surface area contributed by atoms with Crippen molar-refractivity contribution < 1.29 is 9.59 Å². The van der Waals surface area contributed by atoms with Crippen molar-refractivity contribution in [2.45, 2.75) is 13.8 Å². The molecule has 0 saturated carbocycles. The molecule has 2 amide bonds. The molecule has 4 heteroatoms. The number of benzene rings is 1. The molecule has 1 aliphatic carbocycles. The summed E-state index contributed by atoms with van der Waals surface area (Å²) in [6, 6.07) is 8.93. The molecule has 0 radical (unpaired) electrons. The zero-order valence-electron chi connectivity index (χ0n) is 13.1. The highest BCUT2D eigenvalue weighted by Crippen LogP contribution is 2.31. The van der Waals surface area contributed by atoms with Gasteiger partial charge in [-0.1, -0.05) is 38.1 Å². The van der Waals surface area contributed by atoms with Crippen LogP contribution in [0.3, 0.4) is 0 Å². The normalized spacial score (nSPS) is 21.6. The van der Waals surface area contributed by atoms with Gasteiger partial charge in [-0.2, -0.15) is 0 Å². The number of fused-ring (bicyclic) bond motifs is 1. The molecule has 3 rings (SSSR count). The van der Waals surface area contributed by atoms with Crippen LogP contribution in [0.15, 0.2) is 70.9 Å². The number of aliphatic imine (C=N–C) groups is 1. The van der Waals surface area contributed by atoms with Gasteiger partial charge in [-0.3, -0.25) is 9.59 Å². The predicted molar refractivity (Wildman–Crippen MR) is 90.0 cm³/mol. The Bertz CT molecular complexity index is 768. The van der Waals surface area contributed by atoms with Crippen LogP contribution < -0.4 is 5.32 Å². The molecule has 4 nitrogen and oxygen atoms in total. The summed E-state index contributed by atoms with van der Waals surface area (Å²) in [6.45, 7) is 4.14. The zero-order chi connectivity index (χ0) is 16.4. The number of nitrogens with zero attached hydrogens (tertiary/aromatic N) is 1. The summed E-state index contributed by atoms with van der Waals surface area (Å²) in [5.74, 6) is -0.0791. The van der Waals surface area contributed by atoms with Gasteiger partial charge in [0, 0.05) is 23.3 Å². The molecule has 1 aromatic rings. The SMILES string of the molecule is CC(C)C1=CC(=O)NC2=CC(=NC(=O)c3ccccc3)C=CC21. The summed E-state index contributed by atoms with van der Waals surface area (Å²) in [7, 11) is 0. The molecule has 1 aliphatic heterocycles. The Balaban J connectivity index is 1.88. The van der Waals surface area contributed by atoms with Gasteiger partial charge in [0.25, 0.3) is 5.91 Å². The topological polar surface area (TPSA) is 58.5 Å². The molecule has 1 heterocycles. The van der Waals surface area contributed by atoms with Crippen molar-refractivity contribution in [3.8, 4) is 0 Å². The molecule has 0 aromatic heterocycles. The lowest BCUT2D eigenvalue weighted by Gasteiger charge is -2.29. The smallest absolute Gasteiger partial charge is 0.277 e. The van der Waals surface area contributed by atoms with E-state index in [2.05, 4.69) is 24.2 Å². The van der Waals surface area contributed by atoms with Crippen LogP contribution in [0.5, 0.6) is 0 Å². The van der Waals surface area contributed by atoms with Crippen LogP contribution in [-0.4, -0.2) is 17.5 Å². The van der Waals surface area contributed by atoms with E-state index >= 15 is 0 Å². The first-order chi connectivity index (χ1) is 11.0. The zero-order valence-corrected chi connectivity index (χ0v) is 13.1. The molecule has 0 bridgehead atoms. The summed E-state index contributed by atoms with van der Waals surface area (Å²) in [5, 5.41) is 2.85. The number of hydrogen-bond donors (Lipinski definition) is 1. The van der Waals surface area contributed by atoms with Crippen molar-refractivity contribution in [3.05, 3.63) is 71.5 Å². The molecular weight excluding hydrogens is 288 g/mol. The van der Waals surface area contributed by atoms with Crippen molar-refractivity contribution in [1.82, 2.24) is 5.32 Å². The van der Waals surface area contributed by atoms with Crippen LogP contribution in [0.1, 0.15) is 24.2 Å². The van der Waals surface area contributed by atoms with E-state index in [1.165, 1.54) is 0 Å². The van der Waals surface area contributed by atoms with Crippen LogP contribution in [0.2, 0.25) is 0 Å². The van der Waals surface area contributed by atoms with Gasteiger partial charge in [-0.05, 0) is 35.8 Å². The molecule has 0 saturated heterocycles. The molecule has 0 spiro atoms. The van der Waals surface area contributed by atoms with Gasteiger partial charge in [0.2, 0.25) is 5.91 Å². The third-order valence-corrected chi connectivity index (χ3v) is 3.94. The standard InChI is InChI=1S/C19H18N2O2/c1-12(2)16-11-18(22)21-17-10-14(8-9-15(16)17)20-19(23)13-6-4-3-5-7-13/h3-12,15H,1-2H3,(H,21,22). The summed E-state index contributed by atoms with van der Waals surface area (Å²) >= 11 is 0. The molecule has 1 unspecified atom stereocenters. The van der Waals surface area contributed by atoms with E-state index in [9.17, 15) is 9.59 Å². The molecule has 1 atom stereocenters. The van der Waals surface area contributed by atoms with Gasteiger partial charge in [0.05, 0.1) is 5.71 Å². The summed E-state index contributed by atoms with van der Waals surface area (Å²) in [6.07, 6.45) is 7.26. The van der Waals surface area contributed by atoms with Gasteiger partial charge in [-0.25, -0.2) is 4.99 Å². The van der Waals surface area contributed by atoms with E-state index in [-0.39, 0.29) is 23.7 Å². The van der Waals surface area contributed by atoms with Crippen molar-refractivity contribution in [2.75, 3.05) is 0 Å². The number of carbonyl (C=O) groups excluding carboxylic acids is 2. The molecular formula is C19H18N2O2. The van der Waals surface area contributed by atoms with Crippen molar-refractivity contribution in [3.63, 3.8) is 0 Å². The summed E-state index contributed by atoms with van der Waals surface area (Å²) < 4.78 is 0. The lowest BCUT2D eigenvalue weighted by molar-refractivity contribution is -0.116. The largest absolute Gasteiger partial charge is 0.325 e. The Morgan fingerprint density at radius 2 is 1.91 bits per heavy atom. The number of amides is 2. The number of hydrogen-bond acceptors (Lipinski definition) is 2. The average molecular weight is 306 g/mol. The van der Waals surface area contributed by atoms with E-state index < -0.39 is 0 Å². The Morgan fingerprint density at radius 3 is 2.61 bits per heavy atom. The first-order valence-corrected chi connectivity index (χ1v) is 7.65. The number of allylic oxidation sites excluding steroid dienone is 3. The van der Waals surface area contributed by atoms with Crippen LogP contribution in [-0.2, 0) is 4.79 Å². The van der Waals surface area contributed by atoms with Gasteiger partial charge in [0.1, 0.15) is 0 Å². The molecule has 23 heavy (non-hydrogen) atoms. The molecule has 2 aliphatic rings. The lowest BCUT2D eigenvalue weighted by Crippen LogP contribution is -2.34. The minimum atomic E-state index is -0.290. The highest BCUT2D eigenvalue weighted by molar-refractivity contribution is 6.14. The highest BCUT2D eigenvalue weighted by atomic mass is 16.2. The molecule has 1 aromatic carbocycles. The quantitative estimate of drug-likeness (QED) is 0.913. The van der Waals surface area contributed by atoms with E-state index in [0.29, 0.717) is 11.3 Å². The maximum atomic E-state index is 12.2. The summed E-state index contributed by atoms with van der Waals surface area (Å²) in [5.41, 5.74) is 2.95. The van der Waals surface area contributed by atoms with Crippen LogP contribution in [0, 0.1) is 11.8 Å². The van der Waals surface area contributed by atoms with Gasteiger partial charge in [-0.15, -0.1) is 0 Å².